The maximum absolute atomic E-state index is 14.0. The number of nitrogens with zero attached hydrogens (tertiary/aromatic N) is 2. The average Bonchev–Trinajstić information content (AvgIpc) is 2.87. The van der Waals surface area contributed by atoms with Gasteiger partial charge in [-0.3, -0.25) is 5.32 Å². The summed E-state index contributed by atoms with van der Waals surface area (Å²) >= 11 is 16.4. The molecule has 26 heavy (non-hydrogen) atoms. The Labute approximate surface area is 160 Å². The van der Waals surface area contributed by atoms with Gasteiger partial charge in [0.1, 0.15) is 18.1 Å². The molecule has 0 saturated carbocycles. The summed E-state index contributed by atoms with van der Waals surface area (Å²) in [5.41, 5.74) is -0.534. The maximum atomic E-state index is 14.0. The number of nitrogens with one attached hydrogen (secondary N) is 1. The molecule has 0 radical (unpaired) electrons. The number of anilines is 1. The molecule has 1 N–H and O–H groups in total. The molecule has 142 valence electrons. The molecule has 2 rings (SSSR count). The fourth-order valence-corrected chi connectivity index (χ4v) is 2.14. The Morgan fingerprint density at radius 2 is 1.88 bits per heavy atom. The Hall–Kier alpha value is -1.68. The zero-order chi connectivity index (χ0) is 19.5. The lowest BCUT2D eigenvalue weighted by Crippen LogP contribution is -2.21. The van der Waals surface area contributed by atoms with Crippen LogP contribution >= 0.6 is 34.8 Å². The van der Waals surface area contributed by atoms with Crippen LogP contribution in [0.3, 0.4) is 0 Å². The topological polar surface area (TPSA) is 65.4 Å². The molecule has 6 nitrogen and oxygen atoms in total. The number of benzene rings is 1. The first-order chi connectivity index (χ1) is 12.1. The van der Waals surface area contributed by atoms with Crippen molar-refractivity contribution in [3.05, 3.63) is 41.5 Å². The van der Waals surface area contributed by atoms with Crippen molar-refractivity contribution in [3.63, 3.8) is 0 Å². The van der Waals surface area contributed by atoms with Crippen LogP contribution in [0.4, 0.5) is 23.7 Å². The molecule has 0 spiro atoms. The molecular weight excluding hydrogens is 422 g/mol. The molecule has 0 saturated heterocycles. The number of hydrogen-bond acceptors (Lipinski definition) is 4. The van der Waals surface area contributed by atoms with Gasteiger partial charge in [-0.1, -0.05) is 34.8 Å². The second kappa shape index (κ2) is 8.34. The van der Waals surface area contributed by atoms with Gasteiger partial charge in [-0.05, 0) is 0 Å². The zero-order valence-corrected chi connectivity index (χ0v) is 15.3. The number of amides is 1. The van der Waals surface area contributed by atoms with Gasteiger partial charge in [0.05, 0.1) is 24.2 Å². The van der Waals surface area contributed by atoms with Gasteiger partial charge < -0.3 is 9.47 Å². The molecule has 1 aromatic heterocycles. The van der Waals surface area contributed by atoms with Gasteiger partial charge in [-0.15, -0.1) is 0 Å². The molecule has 12 heteroatoms. The number of ether oxygens (including phenoxy) is 2. The third-order valence-corrected chi connectivity index (χ3v) is 3.27. The van der Waals surface area contributed by atoms with E-state index in [-0.39, 0.29) is 18.0 Å². The highest BCUT2D eigenvalue weighted by atomic mass is 35.6. The summed E-state index contributed by atoms with van der Waals surface area (Å²) in [6, 6.07) is 0.998. The van der Waals surface area contributed by atoms with Crippen LogP contribution in [0.15, 0.2) is 18.3 Å². The Morgan fingerprint density at radius 1 is 1.27 bits per heavy atom. The summed E-state index contributed by atoms with van der Waals surface area (Å²) < 4.78 is 49.8. The number of rotatable bonds is 5. The van der Waals surface area contributed by atoms with Gasteiger partial charge in [-0.25, -0.2) is 22.6 Å². The first kappa shape index (κ1) is 20.6. The number of carbonyl (C=O) groups is 1. The van der Waals surface area contributed by atoms with Crippen LogP contribution in [0.2, 0.25) is 0 Å². The number of alkyl halides is 3. The Balaban J connectivity index is 2.33. The van der Waals surface area contributed by atoms with E-state index < -0.39 is 39.6 Å². The first-order valence-electron chi connectivity index (χ1n) is 6.83. The van der Waals surface area contributed by atoms with Crippen molar-refractivity contribution >= 4 is 46.6 Å². The lowest BCUT2D eigenvalue weighted by molar-refractivity contribution is 0.163. The quantitative estimate of drug-likeness (QED) is 0.713. The monoisotopic (exact) mass is 431 g/mol. The number of methoxy groups -OCH3 is 1. The molecule has 0 atom stereocenters. The minimum absolute atomic E-state index is 0.0318. The van der Waals surface area contributed by atoms with Crippen LogP contribution in [0.1, 0.15) is 5.69 Å². The van der Waals surface area contributed by atoms with E-state index in [0.29, 0.717) is 12.1 Å². The fourth-order valence-electron chi connectivity index (χ4n) is 1.98. The van der Waals surface area contributed by atoms with Crippen molar-refractivity contribution < 1.29 is 27.4 Å². The first-order valence-corrected chi connectivity index (χ1v) is 7.97. The van der Waals surface area contributed by atoms with E-state index in [9.17, 15) is 18.0 Å². The van der Waals surface area contributed by atoms with E-state index in [1.165, 1.54) is 7.11 Å². The average molecular weight is 433 g/mol. The molecule has 0 aliphatic rings. The number of aromatic nitrogens is 2. The van der Waals surface area contributed by atoms with Gasteiger partial charge in [-0.2, -0.15) is 5.10 Å². The van der Waals surface area contributed by atoms with Crippen molar-refractivity contribution in [1.29, 1.82) is 0 Å². The van der Waals surface area contributed by atoms with Gasteiger partial charge in [0.25, 0.3) is 0 Å². The molecule has 1 aromatic carbocycles. The summed E-state index contributed by atoms with van der Waals surface area (Å²) in [6.45, 7) is -0.713. The molecule has 1 amide bonds. The second-order valence-electron chi connectivity index (χ2n) is 4.88. The number of hydrogen-bond donors (Lipinski definition) is 1. The fraction of sp³-hybridized carbons (Fsp3) is 0.286. The van der Waals surface area contributed by atoms with Crippen LogP contribution in [0, 0.1) is 17.5 Å². The van der Waals surface area contributed by atoms with E-state index in [2.05, 4.69) is 10.4 Å². The molecule has 2 aromatic rings. The van der Waals surface area contributed by atoms with E-state index in [1.807, 2.05) is 0 Å². The van der Waals surface area contributed by atoms with Crippen molar-refractivity contribution in [2.24, 2.45) is 0 Å². The Kier molecular flexibility index (Phi) is 6.62. The minimum atomic E-state index is -1.81. The highest BCUT2D eigenvalue weighted by molar-refractivity contribution is 6.67. The molecule has 0 aliphatic heterocycles. The molecule has 0 fully saturated rings. The second-order valence-corrected chi connectivity index (χ2v) is 7.40. The van der Waals surface area contributed by atoms with E-state index in [0.717, 1.165) is 10.9 Å². The van der Waals surface area contributed by atoms with E-state index in [4.69, 9.17) is 44.3 Å². The lowest BCUT2D eigenvalue weighted by Gasteiger charge is -2.13. The van der Waals surface area contributed by atoms with Crippen LogP contribution in [0.25, 0.3) is 5.69 Å². The Bertz CT molecular complexity index is 789. The number of carbonyl (C=O) groups excluding carboxylic acids is 1. The summed E-state index contributed by atoms with van der Waals surface area (Å²) in [7, 11) is 1.32. The van der Waals surface area contributed by atoms with Gasteiger partial charge >= 0.3 is 6.09 Å². The molecule has 1 heterocycles. The van der Waals surface area contributed by atoms with Crippen molar-refractivity contribution in [1.82, 2.24) is 9.78 Å². The largest absolute Gasteiger partial charge is 0.445 e. The van der Waals surface area contributed by atoms with Crippen molar-refractivity contribution in [3.8, 4) is 5.69 Å². The third kappa shape index (κ3) is 5.16. The SMILES string of the molecule is COCc1c(NC(=O)OCC(Cl)(Cl)Cl)cnn1-c1c(F)cc(F)cc1F. The summed E-state index contributed by atoms with van der Waals surface area (Å²) in [5, 5.41) is 6.09. The predicted octanol–water partition coefficient (Wildman–Crippen LogP) is 4.35. The lowest BCUT2D eigenvalue weighted by atomic mass is 10.2. The van der Waals surface area contributed by atoms with Crippen LogP contribution < -0.4 is 5.32 Å². The van der Waals surface area contributed by atoms with Crippen LogP contribution in [-0.2, 0) is 16.1 Å². The van der Waals surface area contributed by atoms with Gasteiger partial charge in [0, 0.05) is 19.2 Å². The highest BCUT2D eigenvalue weighted by Gasteiger charge is 2.24. The van der Waals surface area contributed by atoms with Crippen molar-refractivity contribution in [2.45, 2.75) is 10.4 Å². The van der Waals surface area contributed by atoms with E-state index >= 15 is 0 Å². The Morgan fingerprint density at radius 3 is 2.42 bits per heavy atom. The highest BCUT2D eigenvalue weighted by Crippen LogP contribution is 2.27. The number of halogens is 6. The molecule has 0 unspecified atom stereocenters. The molecular formula is C14H11Cl3F3N3O3. The maximum Gasteiger partial charge on any atom is 0.411 e. The van der Waals surface area contributed by atoms with E-state index in [1.54, 1.807) is 0 Å². The third-order valence-electron chi connectivity index (χ3n) is 2.95. The van der Waals surface area contributed by atoms with Crippen molar-refractivity contribution in [2.75, 3.05) is 19.0 Å². The van der Waals surface area contributed by atoms with Crippen LogP contribution in [0.5, 0.6) is 0 Å². The zero-order valence-electron chi connectivity index (χ0n) is 13.0. The smallest absolute Gasteiger partial charge is 0.411 e. The van der Waals surface area contributed by atoms with Gasteiger partial charge in [0.2, 0.25) is 3.79 Å². The summed E-state index contributed by atoms with van der Waals surface area (Å²) in [6.07, 6.45) is 0.112. The summed E-state index contributed by atoms with van der Waals surface area (Å²) in [4.78, 5) is 11.8. The minimum Gasteiger partial charge on any atom is -0.445 e. The standard InChI is InChI=1S/C14H11Cl3F3N3O3/c1-25-5-11-10(22-13(24)26-6-14(15,16)17)4-21-23(11)12-8(19)2-7(18)3-9(12)20/h2-4H,5-6H2,1H3,(H,22,24). The predicted molar refractivity (Wildman–Crippen MR) is 89.4 cm³/mol. The summed E-state index contributed by atoms with van der Waals surface area (Å²) in [5.74, 6) is -3.46. The normalized spacial score (nSPS) is 11.5. The molecule has 0 bridgehead atoms. The van der Waals surface area contributed by atoms with Crippen LogP contribution in [-0.4, -0.2) is 33.4 Å². The molecule has 0 aliphatic carbocycles. The van der Waals surface area contributed by atoms with Gasteiger partial charge in [0.15, 0.2) is 11.6 Å².